The van der Waals surface area contributed by atoms with Crippen molar-refractivity contribution in [2.24, 2.45) is 5.92 Å². The molecule has 0 radical (unpaired) electrons. The van der Waals surface area contributed by atoms with Crippen LogP contribution in [-0.4, -0.2) is 47.7 Å². The molecule has 31 heavy (non-hydrogen) atoms. The molecule has 7 nitrogen and oxygen atoms in total. The molecule has 0 bridgehead atoms. The van der Waals surface area contributed by atoms with Crippen molar-refractivity contribution in [3.63, 3.8) is 0 Å². The highest BCUT2D eigenvalue weighted by Crippen LogP contribution is 2.26. The third-order valence-corrected chi connectivity index (χ3v) is 5.05. The smallest absolute Gasteiger partial charge is 0.262 e. The van der Waals surface area contributed by atoms with Gasteiger partial charge in [-0.05, 0) is 23.6 Å². The topological polar surface area (TPSA) is 95.6 Å². The molecule has 0 saturated heterocycles. The molecule has 0 saturated carbocycles. The second kappa shape index (κ2) is 10.0. The van der Waals surface area contributed by atoms with Crippen LogP contribution in [0.2, 0.25) is 0 Å². The van der Waals surface area contributed by atoms with E-state index in [4.69, 9.17) is 0 Å². The maximum Gasteiger partial charge on any atom is 0.262 e. The van der Waals surface area contributed by atoms with Gasteiger partial charge in [-0.25, -0.2) is 0 Å². The van der Waals surface area contributed by atoms with E-state index in [-0.39, 0.29) is 31.3 Å². The first-order chi connectivity index (χ1) is 14.9. The average Bonchev–Trinajstić information content (AvgIpc) is 3.00. The maximum absolute atomic E-state index is 13.0. The van der Waals surface area contributed by atoms with E-state index in [1.54, 1.807) is 24.3 Å². The Kier molecular flexibility index (Phi) is 7.18. The molecule has 2 N–H and O–H groups in total. The fourth-order valence-corrected chi connectivity index (χ4v) is 3.58. The third-order valence-electron chi connectivity index (χ3n) is 5.05. The van der Waals surface area contributed by atoms with Crippen molar-refractivity contribution in [3.8, 4) is 0 Å². The Morgan fingerprint density at radius 1 is 0.839 bits per heavy atom. The fraction of sp³-hybridized carbons (Fsp3) is 0.333. The van der Waals surface area contributed by atoms with E-state index in [2.05, 4.69) is 10.6 Å². The van der Waals surface area contributed by atoms with Gasteiger partial charge in [0.25, 0.3) is 11.8 Å². The number of hydrogen-bond donors (Lipinski definition) is 2. The van der Waals surface area contributed by atoms with Crippen LogP contribution in [0.5, 0.6) is 0 Å². The second-order valence-electron chi connectivity index (χ2n) is 7.97. The molecule has 4 amide bonds. The Hall–Kier alpha value is -3.48. The minimum absolute atomic E-state index is 0.0783. The summed E-state index contributed by atoms with van der Waals surface area (Å²) in [6, 6.07) is 14.8. The van der Waals surface area contributed by atoms with Crippen molar-refractivity contribution in [2.75, 3.05) is 13.1 Å². The van der Waals surface area contributed by atoms with E-state index in [9.17, 15) is 19.2 Å². The Balaban J connectivity index is 1.72. The zero-order chi connectivity index (χ0) is 22.4. The van der Waals surface area contributed by atoms with Crippen LogP contribution < -0.4 is 10.6 Å². The highest BCUT2D eigenvalue weighted by Gasteiger charge is 2.42. The van der Waals surface area contributed by atoms with Crippen LogP contribution in [0.1, 0.15) is 46.5 Å². The van der Waals surface area contributed by atoms with Gasteiger partial charge in [-0.1, -0.05) is 56.3 Å². The second-order valence-corrected chi connectivity index (χ2v) is 7.97. The minimum Gasteiger partial charge on any atom is -0.354 e. The summed E-state index contributed by atoms with van der Waals surface area (Å²) in [7, 11) is 0. The molecule has 2 aromatic rings. The van der Waals surface area contributed by atoms with Gasteiger partial charge in [0.15, 0.2) is 0 Å². The lowest BCUT2D eigenvalue weighted by Gasteiger charge is -2.25. The molecule has 1 aliphatic rings. The summed E-state index contributed by atoms with van der Waals surface area (Å²) in [5.41, 5.74) is 1.45. The summed E-state index contributed by atoms with van der Waals surface area (Å²) < 4.78 is 0. The van der Waals surface area contributed by atoms with Gasteiger partial charge < -0.3 is 10.6 Å². The summed E-state index contributed by atoms with van der Waals surface area (Å²) in [5, 5.41) is 5.51. The number of amides is 4. The van der Waals surface area contributed by atoms with Gasteiger partial charge in [0.2, 0.25) is 11.8 Å². The van der Waals surface area contributed by atoms with Crippen LogP contribution in [0.15, 0.2) is 54.6 Å². The average molecular weight is 421 g/mol. The standard InChI is InChI=1S/C24H27N3O4/c1-16(2)14-21(28)25-12-13-26-22(29)20(15-17-8-4-3-5-9-17)27-23(30)18-10-6-7-11-19(18)24(27)31/h3-11,16,20H,12-15H2,1-2H3,(H,25,28)(H,26,29). The first-order valence-corrected chi connectivity index (χ1v) is 10.4. The van der Waals surface area contributed by atoms with Crippen LogP contribution in [-0.2, 0) is 16.0 Å². The minimum atomic E-state index is -0.985. The molecule has 1 atom stereocenters. The van der Waals surface area contributed by atoms with Crippen molar-refractivity contribution in [2.45, 2.75) is 32.7 Å². The number of imide groups is 1. The van der Waals surface area contributed by atoms with E-state index < -0.39 is 23.8 Å². The van der Waals surface area contributed by atoms with Gasteiger partial charge in [0.1, 0.15) is 6.04 Å². The van der Waals surface area contributed by atoms with Gasteiger partial charge in [0, 0.05) is 25.9 Å². The van der Waals surface area contributed by atoms with Crippen LogP contribution in [0, 0.1) is 5.92 Å². The third kappa shape index (κ3) is 5.36. The molecule has 0 aliphatic carbocycles. The van der Waals surface area contributed by atoms with Gasteiger partial charge in [-0.3, -0.25) is 24.1 Å². The summed E-state index contributed by atoms with van der Waals surface area (Å²) in [6.07, 6.45) is 0.622. The first kappa shape index (κ1) is 22.2. The molecule has 7 heteroatoms. The van der Waals surface area contributed by atoms with Crippen LogP contribution >= 0.6 is 0 Å². The van der Waals surface area contributed by atoms with E-state index >= 15 is 0 Å². The maximum atomic E-state index is 13.0. The Labute approximate surface area is 181 Å². The number of hydrogen-bond acceptors (Lipinski definition) is 4. The van der Waals surface area contributed by atoms with Gasteiger partial charge >= 0.3 is 0 Å². The Bertz CT molecular complexity index is 937. The summed E-state index contributed by atoms with van der Waals surface area (Å²) in [5.74, 6) is -1.20. The van der Waals surface area contributed by atoms with Crippen molar-refractivity contribution in [1.82, 2.24) is 15.5 Å². The molecule has 0 spiro atoms. The Morgan fingerprint density at radius 3 is 1.97 bits per heavy atom. The lowest BCUT2D eigenvalue weighted by molar-refractivity contribution is -0.125. The molecule has 3 rings (SSSR count). The number of carbonyl (C=O) groups excluding carboxylic acids is 4. The summed E-state index contributed by atoms with van der Waals surface area (Å²) >= 11 is 0. The monoisotopic (exact) mass is 421 g/mol. The lowest BCUT2D eigenvalue weighted by atomic mass is 10.0. The van der Waals surface area contributed by atoms with Crippen molar-refractivity contribution in [3.05, 3.63) is 71.3 Å². The quantitative estimate of drug-likeness (QED) is 0.479. The highest BCUT2D eigenvalue weighted by atomic mass is 16.2. The van der Waals surface area contributed by atoms with E-state index in [0.717, 1.165) is 10.5 Å². The number of nitrogens with zero attached hydrogens (tertiary/aromatic N) is 1. The molecule has 0 fully saturated rings. The lowest BCUT2D eigenvalue weighted by Crippen LogP contribution is -2.51. The number of fused-ring (bicyclic) bond motifs is 1. The number of rotatable bonds is 9. The van der Waals surface area contributed by atoms with E-state index in [1.165, 1.54) is 0 Å². The zero-order valence-corrected chi connectivity index (χ0v) is 17.8. The predicted octanol–water partition coefficient (Wildman–Crippen LogP) is 2.17. The molecular formula is C24H27N3O4. The van der Waals surface area contributed by atoms with E-state index in [1.807, 2.05) is 44.2 Å². The summed E-state index contributed by atoms with van der Waals surface area (Å²) in [4.78, 5) is 51.7. The van der Waals surface area contributed by atoms with E-state index in [0.29, 0.717) is 17.5 Å². The largest absolute Gasteiger partial charge is 0.354 e. The zero-order valence-electron chi connectivity index (χ0n) is 17.8. The normalized spacial score (nSPS) is 13.8. The SMILES string of the molecule is CC(C)CC(=O)NCCNC(=O)C(Cc1ccccc1)N1C(=O)c2ccccc2C1=O. The molecule has 1 heterocycles. The van der Waals surface area contributed by atoms with Crippen LogP contribution in [0.4, 0.5) is 0 Å². The van der Waals surface area contributed by atoms with Crippen molar-refractivity contribution < 1.29 is 19.2 Å². The highest BCUT2D eigenvalue weighted by molar-refractivity contribution is 6.22. The number of nitrogens with one attached hydrogen (secondary N) is 2. The molecule has 0 aromatic heterocycles. The molecule has 1 aliphatic heterocycles. The first-order valence-electron chi connectivity index (χ1n) is 10.4. The predicted molar refractivity (Wildman–Crippen MR) is 116 cm³/mol. The number of benzene rings is 2. The van der Waals surface area contributed by atoms with Crippen molar-refractivity contribution >= 4 is 23.6 Å². The van der Waals surface area contributed by atoms with Crippen LogP contribution in [0.25, 0.3) is 0 Å². The fourth-order valence-electron chi connectivity index (χ4n) is 3.58. The Morgan fingerprint density at radius 2 is 1.39 bits per heavy atom. The molecule has 162 valence electrons. The molecule has 1 unspecified atom stereocenters. The van der Waals surface area contributed by atoms with Gasteiger partial charge in [-0.2, -0.15) is 0 Å². The van der Waals surface area contributed by atoms with Crippen LogP contribution in [0.3, 0.4) is 0 Å². The van der Waals surface area contributed by atoms with Gasteiger partial charge in [-0.15, -0.1) is 0 Å². The molecule has 2 aromatic carbocycles. The van der Waals surface area contributed by atoms with Crippen molar-refractivity contribution in [1.29, 1.82) is 0 Å². The number of carbonyl (C=O) groups is 4. The molecular weight excluding hydrogens is 394 g/mol. The summed E-state index contributed by atoms with van der Waals surface area (Å²) in [6.45, 7) is 4.39. The van der Waals surface area contributed by atoms with Gasteiger partial charge in [0.05, 0.1) is 11.1 Å².